The van der Waals surface area contributed by atoms with E-state index < -0.39 is 6.10 Å². The fourth-order valence-electron chi connectivity index (χ4n) is 6.30. The van der Waals surface area contributed by atoms with Crippen LogP contribution in [0.25, 0.3) is 0 Å². The SMILES string of the molecule is C=C1C(C)CC2[C@](C)(CC[C@@H](C)[C@@]2(C)CC)C1C/C=C1/C(=O)OC[C@H]1O. The predicted octanol–water partition coefficient (Wildman–Crippen LogP) is 4.90. The van der Waals surface area contributed by atoms with Gasteiger partial charge < -0.3 is 9.84 Å². The molecule has 1 N–H and O–H groups in total. The van der Waals surface area contributed by atoms with Crippen LogP contribution in [0.3, 0.4) is 0 Å². The summed E-state index contributed by atoms with van der Waals surface area (Å²) >= 11 is 0. The van der Waals surface area contributed by atoms with Crippen molar-refractivity contribution in [3.8, 4) is 0 Å². The Labute approximate surface area is 158 Å². The first-order valence-corrected chi connectivity index (χ1v) is 10.4. The molecule has 7 atom stereocenters. The van der Waals surface area contributed by atoms with E-state index in [-0.39, 0.29) is 18.0 Å². The maximum absolute atomic E-state index is 11.9. The molecule has 0 bridgehead atoms. The van der Waals surface area contributed by atoms with E-state index in [2.05, 4.69) is 41.2 Å². The van der Waals surface area contributed by atoms with E-state index in [1.54, 1.807) is 0 Å². The molecule has 1 heterocycles. The van der Waals surface area contributed by atoms with E-state index in [9.17, 15) is 9.90 Å². The highest BCUT2D eigenvalue weighted by molar-refractivity contribution is 5.91. The normalized spacial score (nSPS) is 47.8. The zero-order chi connectivity index (χ0) is 19.3. The summed E-state index contributed by atoms with van der Waals surface area (Å²) in [5.74, 6) is 1.93. The van der Waals surface area contributed by atoms with E-state index in [0.717, 1.165) is 12.3 Å². The van der Waals surface area contributed by atoms with Gasteiger partial charge in [0.25, 0.3) is 0 Å². The molecule has 1 aliphatic heterocycles. The van der Waals surface area contributed by atoms with Crippen molar-refractivity contribution in [2.24, 2.45) is 34.5 Å². The van der Waals surface area contributed by atoms with Crippen molar-refractivity contribution in [2.45, 2.75) is 72.8 Å². The highest BCUT2D eigenvalue weighted by atomic mass is 16.6. The van der Waals surface area contributed by atoms with Crippen LogP contribution in [0.15, 0.2) is 23.8 Å². The second kappa shape index (κ2) is 6.82. The van der Waals surface area contributed by atoms with Crippen molar-refractivity contribution in [3.05, 3.63) is 23.8 Å². The molecule has 146 valence electrons. The number of allylic oxidation sites excluding steroid dienone is 2. The van der Waals surface area contributed by atoms with Gasteiger partial charge in [-0.3, -0.25) is 0 Å². The Morgan fingerprint density at radius 1 is 1.35 bits per heavy atom. The van der Waals surface area contributed by atoms with Crippen LogP contribution in [0, 0.1) is 34.5 Å². The van der Waals surface area contributed by atoms with Gasteiger partial charge in [-0.1, -0.05) is 59.3 Å². The highest BCUT2D eigenvalue weighted by Gasteiger charge is 2.57. The lowest BCUT2D eigenvalue weighted by Gasteiger charge is -2.62. The summed E-state index contributed by atoms with van der Waals surface area (Å²) in [4.78, 5) is 11.9. The van der Waals surface area contributed by atoms with Gasteiger partial charge in [-0.05, 0) is 60.2 Å². The fourth-order valence-corrected chi connectivity index (χ4v) is 6.30. The monoisotopic (exact) mass is 360 g/mol. The highest BCUT2D eigenvalue weighted by Crippen LogP contribution is 2.65. The minimum Gasteiger partial charge on any atom is -0.459 e. The number of esters is 1. The Morgan fingerprint density at radius 3 is 2.62 bits per heavy atom. The molecule has 3 aliphatic rings. The number of aliphatic hydroxyl groups is 1. The average molecular weight is 361 g/mol. The molecular formula is C23H36O3. The van der Waals surface area contributed by atoms with E-state index in [0.29, 0.717) is 28.7 Å². The van der Waals surface area contributed by atoms with Crippen LogP contribution in [0.1, 0.15) is 66.7 Å². The van der Waals surface area contributed by atoms with Crippen LogP contribution in [-0.2, 0) is 9.53 Å². The molecule has 0 aromatic heterocycles. The van der Waals surface area contributed by atoms with Gasteiger partial charge in [-0.15, -0.1) is 0 Å². The van der Waals surface area contributed by atoms with E-state index in [1.807, 2.05) is 6.08 Å². The summed E-state index contributed by atoms with van der Waals surface area (Å²) in [7, 11) is 0. The average Bonchev–Trinajstić information content (AvgIpc) is 2.93. The third kappa shape index (κ3) is 2.87. The molecule has 2 aliphatic carbocycles. The Balaban J connectivity index is 1.94. The number of hydrogen-bond donors (Lipinski definition) is 1. The molecule has 0 radical (unpaired) electrons. The summed E-state index contributed by atoms with van der Waals surface area (Å²) < 4.78 is 4.98. The van der Waals surface area contributed by atoms with E-state index in [4.69, 9.17) is 4.74 Å². The van der Waals surface area contributed by atoms with Gasteiger partial charge in [0.15, 0.2) is 0 Å². The van der Waals surface area contributed by atoms with Crippen molar-refractivity contribution in [3.63, 3.8) is 0 Å². The van der Waals surface area contributed by atoms with Gasteiger partial charge in [0.1, 0.15) is 12.7 Å². The number of fused-ring (bicyclic) bond motifs is 1. The lowest BCUT2D eigenvalue weighted by molar-refractivity contribution is -0.135. The number of rotatable bonds is 3. The molecular weight excluding hydrogens is 324 g/mol. The summed E-state index contributed by atoms with van der Waals surface area (Å²) in [5.41, 5.74) is 2.35. The molecule has 3 fully saturated rings. The van der Waals surface area contributed by atoms with Crippen molar-refractivity contribution < 1.29 is 14.6 Å². The molecule has 0 amide bonds. The second-order valence-corrected chi connectivity index (χ2v) is 9.63. The Kier molecular flexibility index (Phi) is 5.16. The van der Waals surface area contributed by atoms with Crippen LogP contribution in [0.4, 0.5) is 0 Å². The van der Waals surface area contributed by atoms with Gasteiger partial charge in [0.05, 0.1) is 5.57 Å². The van der Waals surface area contributed by atoms with Crippen molar-refractivity contribution in [1.29, 1.82) is 0 Å². The zero-order valence-electron chi connectivity index (χ0n) is 17.2. The lowest BCUT2D eigenvalue weighted by atomic mass is 9.43. The summed E-state index contributed by atoms with van der Waals surface area (Å²) in [6.07, 6.45) is 6.88. The zero-order valence-corrected chi connectivity index (χ0v) is 17.2. The van der Waals surface area contributed by atoms with Crippen LogP contribution < -0.4 is 0 Å². The van der Waals surface area contributed by atoms with Crippen LogP contribution in [0.5, 0.6) is 0 Å². The molecule has 26 heavy (non-hydrogen) atoms. The topological polar surface area (TPSA) is 46.5 Å². The van der Waals surface area contributed by atoms with Gasteiger partial charge in [0, 0.05) is 0 Å². The predicted molar refractivity (Wildman–Crippen MR) is 104 cm³/mol. The summed E-state index contributed by atoms with van der Waals surface area (Å²) in [5, 5.41) is 10.0. The van der Waals surface area contributed by atoms with E-state index >= 15 is 0 Å². The molecule has 3 nitrogen and oxygen atoms in total. The molecule has 3 heteroatoms. The third-order valence-electron chi connectivity index (χ3n) is 8.60. The first-order chi connectivity index (χ1) is 12.1. The smallest absolute Gasteiger partial charge is 0.336 e. The molecule has 1 saturated heterocycles. The molecule has 0 aromatic carbocycles. The maximum Gasteiger partial charge on any atom is 0.336 e. The summed E-state index contributed by atoms with van der Waals surface area (Å²) in [6, 6.07) is 0. The number of cyclic esters (lactones) is 1. The van der Waals surface area contributed by atoms with Crippen LogP contribution in [-0.4, -0.2) is 23.8 Å². The Hall–Kier alpha value is -1.09. The number of aliphatic hydroxyl groups excluding tert-OH is 1. The van der Waals surface area contributed by atoms with Gasteiger partial charge in [0.2, 0.25) is 0 Å². The van der Waals surface area contributed by atoms with Crippen molar-refractivity contribution >= 4 is 5.97 Å². The van der Waals surface area contributed by atoms with Gasteiger partial charge in [-0.2, -0.15) is 0 Å². The number of hydrogen-bond acceptors (Lipinski definition) is 3. The third-order valence-corrected chi connectivity index (χ3v) is 8.60. The van der Waals surface area contributed by atoms with Crippen molar-refractivity contribution in [1.82, 2.24) is 0 Å². The lowest BCUT2D eigenvalue weighted by Crippen LogP contribution is -2.54. The number of carbonyl (C=O) groups excluding carboxylic acids is 1. The minimum atomic E-state index is -0.771. The molecule has 2 saturated carbocycles. The molecule has 3 unspecified atom stereocenters. The largest absolute Gasteiger partial charge is 0.459 e. The summed E-state index contributed by atoms with van der Waals surface area (Å²) in [6.45, 7) is 16.6. The van der Waals surface area contributed by atoms with Crippen LogP contribution in [0.2, 0.25) is 0 Å². The maximum atomic E-state index is 11.9. The minimum absolute atomic E-state index is 0.0952. The van der Waals surface area contributed by atoms with Gasteiger partial charge in [-0.25, -0.2) is 4.79 Å². The number of ether oxygens (including phenoxy) is 1. The van der Waals surface area contributed by atoms with Gasteiger partial charge >= 0.3 is 5.97 Å². The first kappa shape index (κ1) is 19.7. The standard InChI is InChI=1S/C23H36O3/c1-7-22(5)15(3)10-11-23(6)18(16(4)14(2)12-20(22)23)9-8-17-19(24)13-26-21(17)25/h8,14-15,18-20,24H,4,7,9-13H2,1-3,5-6H3/b17-8+/t14?,15-,18?,19-,20?,22-,23-/m1/s1. The van der Waals surface area contributed by atoms with Crippen LogP contribution >= 0.6 is 0 Å². The first-order valence-electron chi connectivity index (χ1n) is 10.4. The molecule has 0 aromatic rings. The molecule has 3 rings (SSSR count). The molecule has 0 spiro atoms. The second-order valence-electron chi connectivity index (χ2n) is 9.63. The van der Waals surface area contributed by atoms with E-state index in [1.165, 1.54) is 31.3 Å². The van der Waals surface area contributed by atoms with Crippen molar-refractivity contribution in [2.75, 3.05) is 6.61 Å². The fraction of sp³-hybridized carbons (Fsp3) is 0.783. The Bertz CT molecular complexity index is 621. The number of carbonyl (C=O) groups is 1. The quantitative estimate of drug-likeness (QED) is 0.442. The Morgan fingerprint density at radius 2 is 2.04 bits per heavy atom.